The SMILES string of the molecule is CCOc1cccc(NC(=S)NC2(c3ccncc3)CCCC2)c1. The van der Waals surface area contributed by atoms with Gasteiger partial charge in [0.15, 0.2) is 5.11 Å². The van der Waals surface area contributed by atoms with Crippen molar-refractivity contribution in [2.45, 2.75) is 38.1 Å². The molecule has 0 spiro atoms. The van der Waals surface area contributed by atoms with Gasteiger partial charge in [-0.2, -0.15) is 0 Å². The molecule has 2 aromatic rings. The van der Waals surface area contributed by atoms with E-state index in [4.69, 9.17) is 17.0 Å². The highest BCUT2D eigenvalue weighted by molar-refractivity contribution is 7.80. The maximum atomic E-state index is 5.57. The van der Waals surface area contributed by atoms with E-state index in [9.17, 15) is 0 Å². The first kappa shape index (κ1) is 16.7. The van der Waals surface area contributed by atoms with Crippen molar-refractivity contribution < 1.29 is 4.74 Å². The molecule has 2 N–H and O–H groups in total. The molecule has 1 fully saturated rings. The maximum Gasteiger partial charge on any atom is 0.171 e. The molecule has 1 saturated carbocycles. The first-order valence-corrected chi connectivity index (χ1v) is 8.85. The molecule has 1 heterocycles. The van der Waals surface area contributed by atoms with Crippen LogP contribution >= 0.6 is 12.2 Å². The molecular formula is C19H23N3OS. The lowest BCUT2D eigenvalue weighted by molar-refractivity contribution is 0.340. The number of anilines is 1. The zero-order valence-electron chi connectivity index (χ0n) is 13.9. The van der Waals surface area contributed by atoms with Crippen LogP contribution in [0.15, 0.2) is 48.8 Å². The first-order chi connectivity index (χ1) is 11.7. The van der Waals surface area contributed by atoms with Crippen molar-refractivity contribution in [3.8, 4) is 5.75 Å². The zero-order chi connectivity index (χ0) is 16.8. The number of nitrogens with one attached hydrogen (secondary N) is 2. The first-order valence-electron chi connectivity index (χ1n) is 8.44. The minimum absolute atomic E-state index is 0.0927. The van der Waals surface area contributed by atoms with Gasteiger partial charge in [-0.15, -0.1) is 0 Å². The molecule has 5 heteroatoms. The molecule has 0 bridgehead atoms. The molecule has 4 nitrogen and oxygen atoms in total. The Morgan fingerprint density at radius 2 is 1.96 bits per heavy atom. The van der Waals surface area contributed by atoms with Crippen molar-refractivity contribution in [1.82, 2.24) is 10.3 Å². The summed E-state index contributed by atoms with van der Waals surface area (Å²) in [5, 5.41) is 7.49. The number of nitrogens with zero attached hydrogens (tertiary/aromatic N) is 1. The van der Waals surface area contributed by atoms with Crippen LogP contribution < -0.4 is 15.4 Å². The average molecular weight is 341 g/mol. The third-order valence-corrected chi connectivity index (χ3v) is 4.65. The summed E-state index contributed by atoms with van der Waals surface area (Å²) < 4.78 is 5.54. The molecule has 0 amide bonds. The Labute approximate surface area is 148 Å². The van der Waals surface area contributed by atoms with Crippen LogP contribution in [0.4, 0.5) is 5.69 Å². The third-order valence-electron chi connectivity index (χ3n) is 4.45. The summed E-state index contributed by atoms with van der Waals surface area (Å²) in [6.45, 7) is 2.63. The Bertz CT molecular complexity index is 684. The molecule has 0 radical (unpaired) electrons. The van der Waals surface area contributed by atoms with Gasteiger partial charge in [0.2, 0.25) is 0 Å². The van der Waals surface area contributed by atoms with Gasteiger partial charge < -0.3 is 15.4 Å². The minimum Gasteiger partial charge on any atom is -0.494 e. The Balaban J connectivity index is 1.72. The number of pyridine rings is 1. The second-order valence-corrected chi connectivity index (χ2v) is 6.47. The van der Waals surface area contributed by atoms with Gasteiger partial charge in [0.1, 0.15) is 5.75 Å². The highest BCUT2D eigenvalue weighted by Crippen LogP contribution is 2.38. The summed E-state index contributed by atoms with van der Waals surface area (Å²) in [7, 11) is 0. The molecule has 126 valence electrons. The summed E-state index contributed by atoms with van der Waals surface area (Å²) in [6, 6.07) is 12.0. The van der Waals surface area contributed by atoms with Crippen molar-refractivity contribution in [1.29, 1.82) is 0 Å². The smallest absolute Gasteiger partial charge is 0.171 e. The monoisotopic (exact) mass is 341 g/mol. The molecule has 0 unspecified atom stereocenters. The summed E-state index contributed by atoms with van der Waals surface area (Å²) >= 11 is 5.57. The molecule has 1 aromatic heterocycles. The van der Waals surface area contributed by atoms with Gasteiger partial charge in [-0.1, -0.05) is 18.9 Å². The minimum atomic E-state index is -0.0927. The lowest BCUT2D eigenvalue weighted by atomic mass is 9.89. The van der Waals surface area contributed by atoms with Gasteiger partial charge in [-0.05, 0) is 61.8 Å². The van der Waals surface area contributed by atoms with Crippen LogP contribution in [0.1, 0.15) is 38.2 Å². The van der Waals surface area contributed by atoms with Gasteiger partial charge in [-0.25, -0.2) is 0 Å². The molecule has 0 saturated heterocycles. The van der Waals surface area contributed by atoms with E-state index in [0.29, 0.717) is 11.7 Å². The van der Waals surface area contributed by atoms with Gasteiger partial charge >= 0.3 is 0 Å². The predicted molar refractivity (Wildman–Crippen MR) is 101 cm³/mol. The summed E-state index contributed by atoms with van der Waals surface area (Å²) in [5.74, 6) is 0.843. The van der Waals surface area contributed by atoms with E-state index in [1.165, 1.54) is 18.4 Å². The van der Waals surface area contributed by atoms with Crippen LogP contribution in [0.3, 0.4) is 0 Å². The van der Waals surface area contributed by atoms with Gasteiger partial charge in [0.25, 0.3) is 0 Å². The molecular weight excluding hydrogens is 318 g/mol. The largest absolute Gasteiger partial charge is 0.494 e. The number of rotatable bonds is 5. The van der Waals surface area contributed by atoms with Crippen molar-refractivity contribution in [3.05, 3.63) is 54.4 Å². The van der Waals surface area contributed by atoms with E-state index in [2.05, 4.69) is 27.8 Å². The molecule has 24 heavy (non-hydrogen) atoms. The van der Waals surface area contributed by atoms with E-state index in [-0.39, 0.29) is 5.54 Å². The van der Waals surface area contributed by atoms with E-state index in [1.54, 1.807) is 0 Å². The predicted octanol–water partition coefficient (Wildman–Crippen LogP) is 4.24. The van der Waals surface area contributed by atoms with Crippen molar-refractivity contribution >= 4 is 23.0 Å². The standard InChI is InChI=1S/C19H23N3OS/c1-2-23-17-7-5-6-16(14-17)21-18(24)22-19(10-3-4-11-19)15-8-12-20-13-9-15/h5-9,12-14H,2-4,10-11H2,1H3,(H2,21,22,24). The Kier molecular flexibility index (Phi) is 5.30. The van der Waals surface area contributed by atoms with Crippen molar-refractivity contribution in [3.63, 3.8) is 0 Å². The van der Waals surface area contributed by atoms with Crippen LogP contribution in [0.2, 0.25) is 0 Å². The lowest BCUT2D eigenvalue weighted by Crippen LogP contribution is -2.45. The lowest BCUT2D eigenvalue weighted by Gasteiger charge is -2.32. The fourth-order valence-electron chi connectivity index (χ4n) is 3.35. The molecule has 0 atom stereocenters. The Morgan fingerprint density at radius 3 is 2.67 bits per heavy atom. The Morgan fingerprint density at radius 1 is 1.21 bits per heavy atom. The topological polar surface area (TPSA) is 46.2 Å². The highest BCUT2D eigenvalue weighted by Gasteiger charge is 2.36. The Hall–Kier alpha value is -2.14. The maximum absolute atomic E-state index is 5.57. The second-order valence-electron chi connectivity index (χ2n) is 6.07. The van der Waals surface area contributed by atoms with Gasteiger partial charge in [0.05, 0.1) is 12.1 Å². The molecule has 3 rings (SSSR count). The number of thiocarbonyl (C=S) groups is 1. The normalized spacial score (nSPS) is 15.7. The van der Waals surface area contributed by atoms with Crippen molar-refractivity contribution in [2.24, 2.45) is 0 Å². The average Bonchev–Trinajstić information content (AvgIpc) is 3.06. The van der Waals surface area contributed by atoms with Crippen LogP contribution in [-0.4, -0.2) is 16.7 Å². The van der Waals surface area contributed by atoms with Crippen LogP contribution in [0.5, 0.6) is 5.75 Å². The van der Waals surface area contributed by atoms with Crippen LogP contribution in [0, 0.1) is 0 Å². The van der Waals surface area contributed by atoms with E-state index in [0.717, 1.165) is 24.3 Å². The van der Waals surface area contributed by atoms with E-state index in [1.807, 2.05) is 43.6 Å². The second kappa shape index (κ2) is 7.62. The van der Waals surface area contributed by atoms with Gasteiger partial charge in [0, 0.05) is 24.1 Å². The molecule has 1 aromatic carbocycles. The summed E-state index contributed by atoms with van der Waals surface area (Å²) in [4.78, 5) is 4.13. The molecule has 0 aliphatic heterocycles. The number of hydrogen-bond acceptors (Lipinski definition) is 3. The summed E-state index contributed by atoms with van der Waals surface area (Å²) in [6.07, 6.45) is 8.27. The van der Waals surface area contributed by atoms with Gasteiger partial charge in [-0.3, -0.25) is 4.98 Å². The van der Waals surface area contributed by atoms with Crippen molar-refractivity contribution in [2.75, 3.05) is 11.9 Å². The number of hydrogen-bond donors (Lipinski definition) is 2. The quantitative estimate of drug-likeness (QED) is 0.797. The van der Waals surface area contributed by atoms with E-state index < -0.39 is 0 Å². The number of ether oxygens (including phenoxy) is 1. The molecule has 1 aliphatic carbocycles. The van der Waals surface area contributed by atoms with Crippen LogP contribution in [0.25, 0.3) is 0 Å². The molecule has 1 aliphatic rings. The summed E-state index contributed by atoms with van der Waals surface area (Å²) in [5.41, 5.74) is 2.09. The van der Waals surface area contributed by atoms with Crippen LogP contribution in [-0.2, 0) is 5.54 Å². The fourth-order valence-corrected chi connectivity index (χ4v) is 3.66. The third kappa shape index (κ3) is 3.85. The fraction of sp³-hybridized carbons (Fsp3) is 0.368. The number of aromatic nitrogens is 1. The number of benzene rings is 1. The van der Waals surface area contributed by atoms with E-state index >= 15 is 0 Å². The zero-order valence-corrected chi connectivity index (χ0v) is 14.7. The highest BCUT2D eigenvalue weighted by atomic mass is 32.1.